The molecule has 2 heteroatoms. The van der Waals surface area contributed by atoms with E-state index in [4.69, 9.17) is 0 Å². The smallest absolute Gasteiger partial charge is 0.220 e. The third-order valence-electron chi connectivity index (χ3n) is 2.69. The topological polar surface area (TPSA) is 12.0 Å². The van der Waals surface area contributed by atoms with Crippen molar-refractivity contribution in [2.24, 2.45) is 5.92 Å². The minimum Gasteiger partial charge on any atom is -0.358 e. The zero-order valence-corrected chi connectivity index (χ0v) is 8.22. The quantitative estimate of drug-likeness (QED) is 0.472. The molecule has 0 aliphatic carbocycles. The summed E-state index contributed by atoms with van der Waals surface area (Å²) in [5, 5.41) is 3.27. The lowest BCUT2D eigenvalue weighted by molar-refractivity contribution is 0.591. The van der Waals surface area contributed by atoms with Crippen LogP contribution in [0.15, 0.2) is 12.7 Å². The van der Waals surface area contributed by atoms with Crippen molar-refractivity contribution in [1.29, 1.82) is 0 Å². The van der Waals surface area contributed by atoms with Gasteiger partial charge in [-0.1, -0.05) is 33.2 Å². The van der Waals surface area contributed by atoms with E-state index < -0.39 is 0 Å². The van der Waals surface area contributed by atoms with E-state index in [1.807, 2.05) is 7.05 Å². The first-order valence-corrected chi connectivity index (χ1v) is 4.47. The summed E-state index contributed by atoms with van der Waals surface area (Å²) in [6, 6.07) is 0. The average molecular weight is 153 g/mol. The normalized spacial score (nSPS) is 15.6. The minimum absolute atomic E-state index is 0.581. The number of hydrogen-bond donors (Lipinski definition) is 1. The van der Waals surface area contributed by atoms with Crippen LogP contribution in [0.4, 0.5) is 0 Å². The van der Waals surface area contributed by atoms with E-state index in [0.29, 0.717) is 18.6 Å². The molecule has 2 unspecified atom stereocenters. The lowest BCUT2D eigenvalue weighted by atomic mass is 9.50. The van der Waals surface area contributed by atoms with Crippen LogP contribution in [-0.4, -0.2) is 13.9 Å². The highest BCUT2D eigenvalue weighted by molar-refractivity contribution is 6.56. The molecule has 0 fully saturated rings. The molecule has 1 nitrogen and oxygen atoms in total. The van der Waals surface area contributed by atoms with Crippen molar-refractivity contribution in [3.05, 3.63) is 12.7 Å². The van der Waals surface area contributed by atoms with E-state index in [1.165, 1.54) is 6.42 Å². The van der Waals surface area contributed by atoms with Gasteiger partial charge in [0, 0.05) is 0 Å². The van der Waals surface area contributed by atoms with Gasteiger partial charge in [-0.25, -0.2) is 0 Å². The summed E-state index contributed by atoms with van der Waals surface area (Å²) in [5.74, 6) is 1.33. The Kier molecular flexibility index (Phi) is 5.30. The monoisotopic (exact) mass is 153 g/mol. The van der Waals surface area contributed by atoms with Crippen LogP contribution in [0, 0.1) is 5.92 Å². The number of hydrogen-bond acceptors (Lipinski definition) is 1. The van der Waals surface area contributed by atoms with Crippen molar-refractivity contribution in [2.75, 3.05) is 7.05 Å². The zero-order chi connectivity index (χ0) is 8.85. The fourth-order valence-corrected chi connectivity index (χ4v) is 1.39. The van der Waals surface area contributed by atoms with Gasteiger partial charge >= 0.3 is 0 Å². The number of nitrogens with one attached hydrogen (secondary N) is 1. The lowest BCUT2D eigenvalue weighted by Crippen LogP contribution is -2.33. The van der Waals surface area contributed by atoms with Gasteiger partial charge in [0.1, 0.15) is 0 Å². The molecular weight excluding hydrogens is 133 g/mol. The molecule has 0 rings (SSSR count). The molecule has 0 amide bonds. The molecule has 0 heterocycles. The van der Waals surface area contributed by atoms with E-state index in [2.05, 4.69) is 38.6 Å². The van der Waals surface area contributed by atoms with Crippen molar-refractivity contribution < 1.29 is 0 Å². The lowest BCUT2D eigenvalue weighted by Gasteiger charge is -2.22. The van der Waals surface area contributed by atoms with Crippen LogP contribution in [0.5, 0.6) is 0 Å². The van der Waals surface area contributed by atoms with E-state index >= 15 is 0 Å². The Bertz CT molecular complexity index is 114. The van der Waals surface area contributed by atoms with Crippen LogP contribution < -0.4 is 5.23 Å². The Labute approximate surface area is 71.4 Å². The second kappa shape index (κ2) is 5.42. The van der Waals surface area contributed by atoms with E-state index in [0.717, 1.165) is 0 Å². The third kappa shape index (κ3) is 3.11. The molecule has 0 spiro atoms. The maximum absolute atomic E-state index is 3.84. The highest BCUT2D eigenvalue weighted by Crippen LogP contribution is 2.23. The molecule has 1 N–H and O–H groups in total. The molecule has 64 valence electrons. The van der Waals surface area contributed by atoms with Gasteiger partial charge in [0.15, 0.2) is 0 Å². The summed E-state index contributed by atoms with van der Waals surface area (Å²) < 4.78 is 0. The Morgan fingerprint density at radius 1 is 1.64 bits per heavy atom. The summed E-state index contributed by atoms with van der Waals surface area (Å²) in [7, 11) is 2.01. The van der Waals surface area contributed by atoms with Crippen LogP contribution in [0.25, 0.3) is 0 Å². The predicted octanol–water partition coefficient (Wildman–Crippen LogP) is 2.43. The van der Waals surface area contributed by atoms with Gasteiger partial charge < -0.3 is 5.23 Å². The summed E-state index contributed by atoms with van der Waals surface area (Å²) in [4.78, 5) is 0. The third-order valence-corrected chi connectivity index (χ3v) is 2.69. The molecule has 0 aromatic heterocycles. The van der Waals surface area contributed by atoms with Crippen molar-refractivity contribution in [3.8, 4) is 0 Å². The van der Waals surface area contributed by atoms with E-state index in [-0.39, 0.29) is 0 Å². The molecule has 0 aromatic rings. The van der Waals surface area contributed by atoms with Crippen molar-refractivity contribution >= 4 is 6.85 Å². The first kappa shape index (κ1) is 10.8. The van der Waals surface area contributed by atoms with Gasteiger partial charge in [-0.3, -0.25) is 0 Å². The van der Waals surface area contributed by atoms with Gasteiger partial charge in [0.05, 0.1) is 0 Å². The highest BCUT2D eigenvalue weighted by Gasteiger charge is 2.20. The second-order valence-corrected chi connectivity index (χ2v) is 3.24. The first-order valence-electron chi connectivity index (χ1n) is 4.47. The molecule has 2 atom stereocenters. The largest absolute Gasteiger partial charge is 0.358 e. The SMILES string of the molecule is C=CC(CC)C(C)B(C)NC. The fraction of sp³-hybridized carbons (Fsp3) is 0.778. The molecule has 0 bridgehead atoms. The Morgan fingerprint density at radius 3 is 2.45 bits per heavy atom. The van der Waals surface area contributed by atoms with Crippen LogP contribution in [0.2, 0.25) is 12.6 Å². The second-order valence-electron chi connectivity index (χ2n) is 3.24. The average Bonchev–Trinajstić information content (AvgIpc) is 2.05. The molecule has 0 aliphatic heterocycles. The van der Waals surface area contributed by atoms with Crippen molar-refractivity contribution in [3.63, 3.8) is 0 Å². The minimum atomic E-state index is 0.581. The summed E-state index contributed by atoms with van der Waals surface area (Å²) >= 11 is 0. The van der Waals surface area contributed by atoms with Gasteiger partial charge in [-0.05, 0) is 18.8 Å². The van der Waals surface area contributed by atoms with E-state index in [9.17, 15) is 0 Å². The molecular formula is C9H20BN. The Balaban J connectivity index is 3.96. The van der Waals surface area contributed by atoms with Gasteiger partial charge in [0.25, 0.3) is 0 Å². The molecule has 0 aromatic carbocycles. The Hall–Kier alpha value is -0.235. The Morgan fingerprint density at radius 2 is 2.18 bits per heavy atom. The predicted molar refractivity (Wildman–Crippen MR) is 54.1 cm³/mol. The summed E-state index contributed by atoms with van der Waals surface area (Å²) in [6.45, 7) is 11.1. The van der Waals surface area contributed by atoms with Crippen molar-refractivity contribution in [1.82, 2.24) is 5.23 Å². The summed E-state index contributed by atoms with van der Waals surface area (Å²) in [5.41, 5.74) is 0. The number of allylic oxidation sites excluding steroid dienone is 1. The van der Waals surface area contributed by atoms with Crippen LogP contribution in [0.3, 0.4) is 0 Å². The van der Waals surface area contributed by atoms with Crippen molar-refractivity contribution in [2.45, 2.75) is 32.9 Å². The maximum atomic E-state index is 3.84. The zero-order valence-electron chi connectivity index (χ0n) is 8.22. The first-order chi connectivity index (χ1) is 5.17. The maximum Gasteiger partial charge on any atom is 0.220 e. The van der Waals surface area contributed by atoms with Gasteiger partial charge in [0.2, 0.25) is 6.85 Å². The standard InChI is InChI=1S/C9H20BN/c1-6-9(7-2)8(3)10(4)11-5/h6,8-9,11H,1,7H2,2-5H3. The number of rotatable bonds is 5. The fourth-order valence-electron chi connectivity index (χ4n) is 1.39. The van der Waals surface area contributed by atoms with Crippen LogP contribution >= 0.6 is 0 Å². The van der Waals surface area contributed by atoms with Crippen LogP contribution in [-0.2, 0) is 0 Å². The molecule has 0 saturated heterocycles. The molecule has 11 heavy (non-hydrogen) atoms. The van der Waals surface area contributed by atoms with E-state index in [1.54, 1.807) is 0 Å². The van der Waals surface area contributed by atoms with Gasteiger partial charge in [-0.2, -0.15) is 0 Å². The molecule has 0 radical (unpaired) electrons. The van der Waals surface area contributed by atoms with Gasteiger partial charge in [-0.15, -0.1) is 6.58 Å². The summed E-state index contributed by atoms with van der Waals surface area (Å²) in [6.07, 6.45) is 3.26. The molecule has 0 aliphatic rings. The van der Waals surface area contributed by atoms with Crippen LogP contribution in [0.1, 0.15) is 20.3 Å². The molecule has 0 saturated carbocycles. The highest BCUT2D eigenvalue weighted by atomic mass is 14.7.